The summed E-state index contributed by atoms with van der Waals surface area (Å²) in [5, 5.41) is 26.9. The Hall–Kier alpha value is -6.29. The molecule has 0 bridgehead atoms. The number of hydrogen-bond acceptors (Lipinski definition) is 11. The highest BCUT2D eigenvalue weighted by Crippen LogP contribution is 2.10. The number of carboxylic acid groups (broad SMARTS) is 1. The van der Waals surface area contributed by atoms with Crippen LogP contribution in [0.4, 0.5) is 0 Å². The van der Waals surface area contributed by atoms with Crippen molar-refractivity contribution < 1.29 is 48.3 Å². The molecule has 0 aliphatic rings. The third-order valence-corrected chi connectivity index (χ3v) is 8.65. The Balaban J connectivity index is 3.23. The van der Waals surface area contributed by atoms with Crippen LogP contribution in [-0.2, 0) is 49.6 Å². The Bertz CT molecular complexity index is 1650. The van der Waals surface area contributed by atoms with E-state index in [1.165, 1.54) is 33.3 Å². The molecule has 330 valence electrons. The molecular weight excluding hydrogens is 774 g/mol. The zero-order chi connectivity index (χ0) is 45.0. The van der Waals surface area contributed by atoms with Gasteiger partial charge in [0.15, 0.2) is 5.96 Å². The van der Waals surface area contributed by atoms with Crippen molar-refractivity contribution in [3.63, 3.8) is 0 Å². The number of aromatic amines is 1. The molecule has 15 N–H and O–H groups in total. The first-order valence-electron chi connectivity index (χ1n) is 19.1. The first kappa shape index (κ1) is 50.7. The number of carboxylic acids is 1. The maximum Gasteiger partial charge on any atom is 0.303 e. The van der Waals surface area contributed by atoms with Crippen molar-refractivity contribution in [2.24, 2.45) is 34.0 Å². The number of hydrogen-bond donors (Lipinski definition) is 12. The van der Waals surface area contributed by atoms with Crippen molar-refractivity contribution in [2.45, 2.75) is 129 Å². The van der Waals surface area contributed by atoms with Crippen LogP contribution in [0.2, 0.25) is 0 Å². The molecule has 0 saturated heterocycles. The molecule has 0 saturated carbocycles. The van der Waals surface area contributed by atoms with E-state index in [-0.39, 0.29) is 44.1 Å². The van der Waals surface area contributed by atoms with E-state index in [0.717, 1.165) is 0 Å². The van der Waals surface area contributed by atoms with Gasteiger partial charge in [-0.25, -0.2) is 4.98 Å². The lowest BCUT2D eigenvalue weighted by molar-refractivity contribution is -0.139. The summed E-state index contributed by atoms with van der Waals surface area (Å²) in [6.45, 7) is 10.9. The molecule has 0 aromatic carbocycles. The number of aliphatic imine (C=N–C) groups is 1. The van der Waals surface area contributed by atoms with Crippen molar-refractivity contribution in [2.75, 3.05) is 6.54 Å². The van der Waals surface area contributed by atoms with Crippen molar-refractivity contribution in [1.29, 1.82) is 0 Å². The first-order chi connectivity index (χ1) is 27.5. The molecule has 59 heavy (non-hydrogen) atoms. The molecule has 8 amide bonds. The summed E-state index contributed by atoms with van der Waals surface area (Å²) in [4.78, 5) is 126. The summed E-state index contributed by atoms with van der Waals surface area (Å²) < 4.78 is 0. The minimum Gasteiger partial charge on any atom is -0.481 e. The van der Waals surface area contributed by atoms with Gasteiger partial charge >= 0.3 is 5.97 Å². The van der Waals surface area contributed by atoms with Crippen LogP contribution in [0.1, 0.15) is 86.3 Å². The third kappa shape index (κ3) is 19.6. The van der Waals surface area contributed by atoms with Gasteiger partial charge in [-0.2, -0.15) is 0 Å². The van der Waals surface area contributed by atoms with Gasteiger partial charge in [-0.1, -0.05) is 27.7 Å². The van der Waals surface area contributed by atoms with Gasteiger partial charge in [0.1, 0.15) is 42.3 Å². The average molecular weight is 836 g/mol. The number of carbonyl (C=O) groups excluding carboxylic acids is 8. The lowest BCUT2D eigenvalue weighted by Gasteiger charge is -2.28. The van der Waals surface area contributed by atoms with E-state index in [2.05, 4.69) is 52.2 Å². The first-order valence-corrected chi connectivity index (χ1v) is 19.1. The molecule has 0 radical (unpaired) electrons. The van der Waals surface area contributed by atoms with Crippen molar-refractivity contribution in [1.82, 2.24) is 47.2 Å². The summed E-state index contributed by atoms with van der Waals surface area (Å²) >= 11 is 0. The lowest BCUT2D eigenvalue weighted by atomic mass is 10.00. The van der Waals surface area contributed by atoms with Crippen LogP contribution in [0.25, 0.3) is 0 Å². The van der Waals surface area contributed by atoms with Crippen molar-refractivity contribution in [3.05, 3.63) is 18.2 Å². The van der Waals surface area contributed by atoms with Gasteiger partial charge in [0, 0.05) is 38.2 Å². The quantitative estimate of drug-likeness (QED) is 0.0245. The van der Waals surface area contributed by atoms with Crippen LogP contribution in [0, 0.1) is 11.8 Å². The normalized spacial score (nSPS) is 14.5. The number of imidazole rings is 1. The molecule has 7 atom stereocenters. The van der Waals surface area contributed by atoms with Crippen molar-refractivity contribution in [3.8, 4) is 0 Å². The fourth-order valence-electron chi connectivity index (χ4n) is 5.52. The Labute approximate surface area is 342 Å². The monoisotopic (exact) mass is 835 g/mol. The molecule has 0 spiro atoms. The maximum atomic E-state index is 13.7. The predicted octanol–water partition coefficient (Wildman–Crippen LogP) is -3.49. The molecule has 0 unspecified atom stereocenters. The van der Waals surface area contributed by atoms with E-state index in [0.29, 0.717) is 5.69 Å². The lowest BCUT2D eigenvalue weighted by Crippen LogP contribution is -2.60. The van der Waals surface area contributed by atoms with Gasteiger partial charge in [-0.15, -0.1) is 0 Å². The van der Waals surface area contributed by atoms with Crippen molar-refractivity contribution >= 4 is 59.2 Å². The van der Waals surface area contributed by atoms with E-state index in [9.17, 15) is 48.3 Å². The molecule has 1 heterocycles. The molecule has 0 aliphatic heterocycles. The standard InChI is InChI=1S/C36H61N13O10/c1-17(2)13-25(29(37)53)47-34(58)26(14-22-15-40-16-42-22)48-35(59)28(18(3)4)49-33(57)24(10-11-27(51)52)46-31(55)20(6)44-32(56)23(9-8-12-41-36(38)39)45-30(54)19(5)43-21(7)50/h15-20,23-26,28H,8-14H2,1-7H3,(H2,37,53)(H,40,42)(H,43,50)(H,44,56)(H,45,54)(H,46,55)(H,47,58)(H,48,59)(H,49,57)(H,51,52)(H4,38,39,41)/t19-,20-,23-,24-,25-,26-,28-/m0/s1. The molecule has 23 heteroatoms. The van der Waals surface area contributed by atoms with Gasteiger partial charge < -0.3 is 64.5 Å². The van der Waals surface area contributed by atoms with Gasteiger partial charge in [0.2, 0.25) is 47.3 Å². The molecule has 0 aliphatic carbocycles. The average Bonchev–Trinajstić information content (AvgIpc) is 3.64. The van der Waals surface area contributed by atoms with Crippen LogP contribution >= 0.6 is 0 Å². The fraction of sp³-hybridized carbons (Fsp3) is 0.639. The summed E-state index contributed by atoms with van der Waals surface area (Å²) in [5.74, 6) is -8.22. The minimum atomic E-state index is -1.52. The topological polar surface area (TPSA) is 377 Å². The highest BCUT2D eigenvalue weighted by atomic mass is 16.4. The Morgan fingerprint density at radius 1 is 0.695 bits per heavy atom. The van der Waals surface area contributed by atoms with Crippen LogP contribution in [0.15, 0.2) is 17.5 Å². The number of aromatic nitrogens is 2. The van der Waals surface area contributed by atoms with Crippen LogP contribution < -0.4 is 54.4 Å². The predicted molar refractivity (Wildman–Crippen MR) is 213 cm³/mol. The second-order valence-corrected chi connectivity index (χ2v) is 14.8. The second kappa shape index (κ2) is 25.2. The largest absolute Gasteiger partial charge is 0.481 e. The SMILES string of the molecule is CC(=O)N[C@@H](C)C(=O)N[C@@H](CCCN=C(N)N)C(=O)N[C@@H](C)C(=O)N[C@@H](CCC(=O)O)C(=O)N[C@H](C(=O)N[C@@H](Cc1cnc[nH]1)C(=O)N[C@@H](CC(C)C)C(N)=O)C(C)C. The fourth-order valence-corrected chi connectivity index (χ4v) is 5.52. The summed E-state index contributed by atoms with van der Waals surface area (Å²) in [5.41, 5.74) is 16.7. The number of primary amides is 1. The molecular formula is C36H61N13O10. The smallest absolute Gasteiger partial charge is 0.303 e. The van der Waals surface area contributed by atoms with Crippen LogP contribution in [0.3, 0.4) is 0 Å². The number of H-pyrrole nitrogens is 1. The second-order valence-electron chi connectivity index (χ2n) is 14.8. The highest BCUT2D eigenvalue weighted by Gasteiger charge is 2.34. The van der Waals surface area contributed by atoms with Gasteiger partial charge in [-0.05, 0) is 51.4 Å². The zero-order valence-corrected chi connectivity index (χ0v) is 34.5. The number of nitrogens with one attached hydrogen (secondary N) is 8. The van der Waals surface area contributed by atoms with E-state index < -0.39 is 114 Å². The van der Waals surface area contributed by atoms with Gasteiger partial charge in [0.05, 0.1) is 6.33 Å². The van der Waals surface area contributed by atoms with E-state index in [1.807, 2.05) is 13.8 Å². The van der Waals surface area contributed by atoms with Crippen LogP contribution in [0.5, 0.6) is 0 Å². The number of nitrogens with zero attached hydrogens (tertiary/aromatic N) is 2. The zero-order valence-electron chi connectivity index (χ0n) is 34.5. The third-order valence-electron chi connectivity index (χ3n) is 8.65. The number of carbonyl (C=O) groups is 9. The number of rotatable bonds is 26. The summed E-state index contributed by atoms with van der Waals surface area (Å²) in [6, 6.07) is -8.68. The van der Waals surface area contributed by atoms with Crippen LogP contribution in [-0.4, -0.2) is 123 Å². The number of guanidine groups is 1. The highest BCUT2D eigenvalue weighted by molar-refractivity contribution is 5.97. The maximum absolute atomic E-state index is 13.7. The number of nitrogens with two attached hydrogens (primary N) is 3. The molecule has 23 nitrogen and oxygen atoms in total. The molecule has 1 aromatic heterocycles. The number of aliphatic carboxylic acids is 1. The van der Waals surface area contributed by atoms with Gasteiger partial charge in [0.25, 0.3) is 0 Å². The van der Waals surface area contributed by atoms with Gasteiger partial charge in [-0.3, -0.25) is 48.1 Å². The Kier molecular flexibility index (Phi) is 21.6. The van der Waals surface area contributed by atoms with E-state index >= 15 is 0 Å². The van der Waals surface area contributed by atoms with E-state index in [1.54, 1.807) is 13.8 Å². The Morgan fingerprint density at radius 2 is 1.22 bits per heavy atom. The number of amides is 8. The van der Waals surface area contributed by atoms with E-state index in [4.69, 9.17) is 17.2 Å². The molecule has 0 fully saturated rings. The summed E-state index contributed by atoms with van der Waals surface area (Å²) in [7, 11) is 0. The summed E-state index contributed by atoms with van der Waals surface area (Å²) in [6.07, 6.45) is 2.22. The minimum absolute atomic E-state index is 0.00803. The Morgan fingerprint density at radius 3 is 1.71 bits per heavy atom. The molecule has 1 aromatic rings. The molecule has 1 rings (SSSR count).